The van der Waals surface area contributed by atoms with Gasteiger partial charge in [0.1, 0.15) is 6.04 Å². The molecule has 5 N–H and O–H groups in total. The summed E-state index contributed by atoms with van der Waals surface area (Å²) in [4.78, 5) is 22.7. The summed E-state index contributed by atoms with van der Waals surface area (Å²) in [6.45, 7) is 0. The smallest absolute Gasteiger partial charge is 0.320 e. The van der Waals surface area contributed by atoms with Crippen molar-refractivity contribution in [2.24, 2.45) is 5.73 Å². The highest BCUT2D eigenvalue weighted by molar-refractivity contribution is 6.31. The summed E-state index contributed by atoms with van der Waals surface area (Å²) in [7, 11) is 0. The SMILES string of the molecule is [2H]c1cc(C(=O)C([2H])([2H])C(N)C(=O)O)c(N)cc1Cl. The van der Waals surface area contributed by atoms with E-state index in [1.165, 1.54) is 0 Å². The van der Waals surface area contributed by atoms with Gasteiger partial charge in [0.25, 0.3) is 0 Å². The largest absolute Gasteiger partial charge is 0.480 e. The Labute approximate surface area is 101 Å². The van der Waals surface area contributed by atoms with Crippen LogP contribution < -0.4 is 11.5 Å². The molecule has 1 aromatic rings. The van der Waals surface area contributed by atoms with Gasteiger partial charge in [0.05, 0.1) is 1.37 Å². The molecule has 0 aliphatic heterocycles. The van der Waals surface area contributed by atoms with E-state index in [1.54, 1.807) is 0 Å². The molecule has 1 unspecified atom stereocenters. The first-order valence-corrected chi connectivity index (χ1v) is 4.55. The van der Waals surface area contributed by atoms with Crippen LogP contribution in [-0.2, 0) is 4.79 Å². The molecule has 5 nitrogen and oxygen atoms in total. The molecule has 16 heavy (non-hydrogen) atoms. The number of rotatable bonds is 4. The minimum absolute atomic E-state index is 0.00264. The molecule has 0 amide bonds. The second-order valence-electron chi connectivity index (χ2n) is 2.94. The maximum atomic E-state index is 12.0. The van der Waals surface area contributed by atoms with Crippen LogP contribution in [0.4, 0.5) is 5.69 Å². The number of nitrogen functional groups attached to an aromatic ring is 1. The highest BCUT2D eigenvalue weighted by Crippen LogP contribution is 2.19. The molecular formula is C10H11ClN2O3. The molecule has 0 aliphatic carbocycles. The van der Waals surface area contributed by atoms with E-state index in [2.05, 4.69) is 0 Å². The third-order valence-electron chi connectivity index (χ3n) is 1.74. The molecule has 6 heteroatoms. The number of carbonyl (C=O) groups excluding carboxylic acids is 1. The summed E-state index contributed by atoms with van der Waals surface area (Å²) >= 11 is 5.63. The van der Waals surface area contributed by atoms with Crippen molar-refractivity contribution >= 4 is 29.0 Å². The third-order valence-corrected chi connectivity index (χ3v) is 1.96. The number of halogens is 1. The molecule has 0 bridgehead atoms. The molecule has 0 radical (unpaired) electrons. The summed E-state index contributed by atoms with van der Waals surface area (Å²) in [5.74, 6) is -2.86. The van der Waals surface area contributed by atoms with Crippen molar-refractivity contribution in [1.82, 2.24) is 0 Å². The average molecular weight is 246 g/mol. The number of carboxylic acids is 1. The average Bonchev–Trinajstić information content (AvgIpc) is 2.31. The van der Waals surface area contributed by atoms with Crippen molar-refractivity contribution in [3.8, 4) is 0 Å². The van der Waals surface area contributed by atoms with Gasteiger partial charge in [-0.15, -0.1) is 0 Å². The molecule has 1 aromatic carbocycles. The lowest BCUT2D eigenvalue weighted by Gasteiger charge is -2.07. The number of hydrogen-bond donors (Lipinski definition) is 3. The maximum absolute atomic E-state index is 12.0. The standard InChI is InChI=1S/C10H11ClN2O3/c11-5-1-2-6(7(12)3-5)9(14)4-8(13)10(15)16/h1-3,8H,4,12-13H2,(H,15,16)/i1D,4D2. The van der Waals surface area contributed by atoms with E-state index < -0.39 is 24.2 Å². The lowest BCUT2D eigenvalue weighted by atomic mass is 10.0. The second-order valence-corrected chi connectivity index (χ2v) is 3.35. The van der Waals surface area contributed by atoms with E-state index in [9.17, 15) is 9.59 Å². The lowest BCUT2D eigenvalue weighted by Crippen LogP contribution is -2.32. The number of ketones is 1. The van der Waals surface area contributed by atoms with Crippen LogP contribution in [0, 0.1) is 0 Å². The molecule has 0 fully saturated rings. The minimum Gasteiger partial charge on any atom is -0.480 e. The van der Waals surface area contributed by atoms with Gasteiger partial charge in [0.2, 0.25) is 0 Å². The van der Waals surface area contributed by atoms with E-state index >= 15 is 0 Å². The first kappa shape index (κ1) is 8.55. The number of nitrogens with two attached hydrogens (primary N) is 2. The van der Waals surface area contributed by atoms with E-state index in [-0.39, 0.29) is 22.3 Å². The Balaban J connectivity index is 3.27. The van der Waals surface area contributed by atoms with Gasteiger partial charge in [-0.05, 0) is 18.2 Å². The minimum atomic E-state index is -2.85. The second kappa shape index (κ2) is 4.96. The normalized spacial score (nSPS) is 15.8. The van der Waals surface area contributed by atoms with Gasteiger partial charge in [-0.3, -0.25) is 9.59 Å². The van der Waals surface area contributed by atoms with Gasteiger partial charge in [-0.1, -0.05) is 11.6 Å². The van der Waals surface area contributed by atoms with Crippen molar-refractivity contribution in [3.63, 3.8) is 0 Å². The maximum Gasteiger partial charge on any atom is 0.320 e. The lowest BCUT2D eigenvalue weighted by molar-refractivity contribution is -0.138. The number of carbonyl (C=O) groups is 2. The number of anilines is 1. The molecule has 0 heterocycles. The topological polar surface area (TPSA) is 106 Å². The van der Waals surface area contributed by atoms with Gasteiger partial charge >= 0.3 is 5.97 Å². The fourth-order valence-corrected chi connectivity index (χ4v) is 1.13. The van der Waals surface area contributed by atoms with Crippen LogP contribution in [0.15, 0.2) is 18.2 Å². The van der Waals surface area contributed by atoms with Crippen LogP contribution in [0.5, 0.6) is 0 Å². The van der Waals surface area contributed by atoms with Gasteiger partial charge in [-0.25, -0.2) is 0 Å². The molecular weight excluding hydrogens is 232 g/mol. The van der Waals surface area contributed by atoms with Gasteiger partial charge in [-0.2, -0.15) is 0 Å². The zero-order chi connectivity index (χ0) is 15.0. The Morgan fingerprint density at radius 2 is 2.31 bits per heavy atom. The van der Waals surface area contributed by atoms with Crippen molar-refractivity contribution in [2.45, 2.75) is 12.4 Å². The first-order valence-electron chi connectivity index (χ1n) is 5.67. The molecule has 0 aromatic heterocycles. The number of carboxylic acid groups (broad SMARTS) is 1. The summed E-state index contributed by atoms with van der Waals surface area (Å²) in [6, 6.07) is -0.158. The molecule has 1 atom stereocenters. The summed E-state index contributed by atoms with van der Waals surface area (Å²) in [5, 5.41) is 8.67. The quantitative estimate of drug-likeness (QED) is 0.540. The van der Waals surface area contributed by atoms with E-state index in [1.807, 2.05) is 0 Å². The van der Waals surface area contributed by atoms with Gasteiger partial charge in [0.15, 0.2) is 5.78 Å². The Bertz CT molecular complexity index is 551. The van der Waals surface area contributed by atoms with Crippen LogP contribution in [0.3, 0.4) is 0 Å². The van der Waals surface area contributed by atoms with Gasteiger partial charge < -0.3 is 16.6 Å². The summed E-state index contributed by atoms with van der Waals surface area (Å²) in [6.07, 6.45) is -2.85. The molecule has 0 aliphatic rings. The monoisotopic (exact) mass is 245 g/mol. The van der Waals surface area contributed by atoms with Gasteiger partial charge in [0, 0.05) is 25.4 Å². The first-order chi connectivity index (χ1) is 8.59. The van der Waals surface area contributed by atoms with Crippen molar-refractivity contribution in [3.05, 3.63) is 28.8 Å². The Hall–Kier alpha value is -1.59. The number of hydrogen-bond acceptors (Lipinski definition) is 4. The van der Waals surface area contributed by atoms with Crippen LogP contribution in [0.2, 0.25) is 5.02 Å². The summed E-state index contributed by atoms with van der Waals surface area (Å²) < 4.78 is 22.4. The summed E-state index contributed by atoms with van der Waals surface area (Å²) in [5.41, 5.74) is 10.2. The molecule has 0 saturated heterocycles. The molecule has 1 rings (SSSR count). The highest BCUT2D eigenvalue weighted by atomic mass is 35.5. The van der Waals surface area contributed by atoms with Crippen LogP contribution >= 0.6 is 11.6 Å². The highest BCUT2D eigenvalue weighted by Gasteiger charge is 2.18. The van der Waals surface area contributed by atoms with Crippen LogP contribution in [-0.4, -0.2) is 22.9 Å². The third kappa shape index (κ3) is 2.95. The van der Waals surface area contributed by atoms with Crippen molar-refractivity contribution in [1.29, 1.82) is 0 Å². The fraction of sp³-hybridized carbons (Fsp3) is 0.200. The number of Topliss-reactive ketones (excluding diaryl/α,β-unsaturated/α-hetero) is 1. The van der Waals surface area contributed by atoms with E-state index in [4.69, 9.17) is 32.3 Å². The fourth-order valence-electron chi connectivity index (χ4n) is 0.958. The van der Waals surface area contributed by atoms with Crippen molar-refractivity contribution in [2.75, 3.05) is 5.73 Å². The molecule has 0 saturated carbocycles. The Morgan fingerprint density at radius 3 is 2.88 bits per heavy atom. The molecule has 0 spiro atoms. The zero-order valence-corrected chi connectivity index (χ0v) is 8.78. The van der Waals surface area contributed by atoms with Crippen LogP contribution in [0.1, 0.15) is 20.8 Å². The Kier molecular flexibility index (Phi) is 2.65. The van der Waals surface area contributed by atoms with E-state index in [0.29, 0.717) is 0 Å². The predicted octanol–water partition coefficient (Wildman–Crippen LogP) is 0.907. The number of aliphatic carboxylic acids is 1. The van der Waals surface area contributed by atoms with E-state index in [0.717, 1.165) is 12.1 Å². The Morgan fingerprint density at radius 1 is 1.69 bits per heavy atom. The van der Waals surface area contributed by atoms with Crippen molar-refractivity contribution < 1.29 is 18.8 Å². The predicted molar refractivity (Wildman–Crippen MR) is 60.4 cm³/mol. The van der Waals surface area contributed by atoms with Crippen LogP contribution in [0.25, 0.3) is 0 Å². The zero-order valence-electron chi connectivity index (χ0n) is 11.0. The number of benzene rings is 1. The molecule has 86 valence electrons.